The molecule has 0 spiro atoms. The zero-order chi connectivity index (χ0) is 9.90. The second-order valence-electron chi connectivity index (χ2n) is 2.80. The van der Waals surface area contributed by atoms with Gasteiger partial charge < -0.3 is 11.0 Å². The third-order valence-corrected chi connectivity index (χ3v) is 3.79. The fraction of sp³-hybridized carbons (Fsp3) is 0.250. The van der Waals surface area contributed by atoms with Gasteiger partial charge in [-0.1, -0.05) is 42.6 Å². The molecule has 0 atom stereocenters. The van der Waals surface area contributed by atoms with Crippen molar-refractivity contribution in [3.8, 4) is 0 Å². The number of hydrogen-bond acceptors (Lipinski definition) is 2. The Hall–Kier alpha value is -0.885. The Bertz CT molecular complexity index is 367. The van der Waals surface area contributed by atoms with Gasteiger partial charge in [0.15, 0.2) is 9.87 Å². The highest BCUT2D eigenvalue weighted by Crippen LogP contribution is 1.94. The first-order chi connectivity index (χ1) is 6.08. The first-order valence-electron chi connectivity index (χ1n) is 4.05. The smallest absolute Gasteiger partial charge is 0.340 e. The van der Waals surface area contributed by atoms with Crippen LogP contribution in [0.25, 0.3) is 0 Å². The quantitative estimate of drug-likeness (QED) is 0.635. The highest BCUT2D eigenvalue weighted by molar-refractivity contribution is 8.18. The molecule has 0 aliphatic rings. The molecule has 86 valence electrons. The summed E-state index contributed by atoms with van der Waals surface area (Å²) >= 11 is 0. The van der Waals surface area contributed by atoms with Crippen molar-refractivity contribution in [2.45, 2.75) is 6.82 Å². The van der Waals surface area contributed by atoms with Crippen LogP contribution in [-0.2, 0) is 9.87 Å². The van der Waals surface area contributed by atoms with Crippen LogP contribution in [0.2, 0.25) is 6.82 Å². The third kappa shape index (κ3) is 4.00. The van der Waals surface area contributed by atoms with Gasteiger partial charge >= 0.3 is 5.99 Å². The minimum Gasteiger partial charge on any atom is -0.412 e. The van der Waals surface area contributed by atoms with Gasteiger partial charge in [0, 0.05) is 0 Å². The van der Waals surface area contributed by atoms with Crippen LogP contribution in [0, 0.1) is 0 Å². The molecule has 1 aromatic carbocycles. The van der Waals surface area contributed by atoms with Crippen molar-refractivity contribution >= 4 is 21.3 Å². The van der Waals surface area contributed by atoms with Crippen molar-refractivity contribution in [1.29, 1.82) is 0 Å². The van der Waals surface area contributed by atoms with Crippen LogP contribution in [-0.4, -0.2) is 32.4 Å². The fourth-order valence-corrected chi connectivity index (χ4v) is 1.95. The van der Waals surface area contributed by atoms with Gasteiger partial charge in [-0.3, -0.25) is 0 Å². The van der Waals surface area contributed by atoms with E-state index in [1.165, 1.54) is 7.05 Å². The molecule has 5 nitrogen and oxygen atoms in total. The van der Waals surface area contributed by atoms with Gasteiger partial charge in [0.2, 0.25) is 0 Å². The monoisotopic (exact) mass is 233 g/mol. The van der Waals surface area contributed by atoms with Crippen LogP contribution in [0.3, 0.4) is 0 Å². The Morgan fingerprint density at radius 1 is 1.13 bits per heavy atom. The maximum Gasteiger partial charge on any atom is 0.340 e. The van der Waals surface area contributed by atoms with E-state index in [1.54, 1.807) is 19.0 Å². The molecular weight excluding hydrogens is 217 g/mol. The highest BCUT2D eigenvalue weighted by Gasteiger charge is 2.25. The van der Waals surface area contributed by atoms with Crippen LogP contribution in [0.5, 0.6) is 0 Å². The summed E-state index contributed by atoms with van der Waals surface area (Å²) in [7, 11) is -1.78. The Morgan fingerprint density at radius 2 is 1.60 bits per heavy atom. The second kappa shape index (κ2) is 6.57. The summed E-state index contributed by atoms with van der Waals surface area (Å²) in [6, 6.07) is 9.13. The molecular formula is C8H16BNO4S. The van der Waals surface area contributed by atoms with Crippen LogP contribution < -0.4 is 10.2 Å². The predicted octanol–water partition coefficient (Wildman–Crippen LogP) is -1.59. The average molecular weight is 233 g/mol. The van der Waals surface area contributed by atoms with E-state index in [9.17, 15) is 8.42 Å². The van der Waals surface area contributed by atoms with Gasteiger partial charge in [-0.2, -0.15) is 0 Å². The van der Waals surface area contributed by atoms with Gasteiger partial charge in [0.05, 0.1) is 0 Å². The lowest BCUT2D eigenvalue weighted by atomic mass is 9.71. The standard InChI is InChI=1S/C8H12BNO2S.2H2O/c1-9(13(11,12)10-2)8-6-4-3-5-7-8;;/h3-7,10H,1-2H3;2*1H2. The number of rotatable bonds is 3. The average Bonchev–Trinajstić information content (AvgIpc) is 2.18. The van der Waals surface area contributed by atoms with Crippen LogP contribution >= 0.6 is 0 Å². The van der Waals surface area contributed by atoms with E-state index in [-0.39, 0.29) is 11.0 Å². The van der Waals surface area contributed by atoms with E-state index in [0.717, 1.165) is 5.46 Å². The Morgan fingerprint density at radius 3 is 2.00 bits per heavy atom. The van der Waals surface area contributed by atoms with Crippen LogP contribution in [0.15, 0.2) is 30.3 Å². The molecule has 5 N–H and O–H groups in total. The van der Waals surface area contributed by atoms with Crippen molar-refractivity contribution in [3.05, 3.63) is 30.3 Å². The number of hydrogen-bond donors (Lipinski definition) is 1. The van der Waals surface area contributed by atoms with E-state index >= 15 is 0 Å². The SMILES string of the molecule is CNS(=O)(=O)B(C)c1ccccc1.O.O. The van der Waals surface area contributed by atoms with Gasteiger partial charge in [-0.05, 0) is 7.05 Å². The first kappa shape index (κ1) is 16.5. The molecule has 1 aromatic rings. The summed E-state index contributed by atoms with van der Waals surface area (Å²) in [5.41, 5.74) is 0.803. The third-order valence-electron chi connectivity index (χ3n) is 2.02. The van der Waals surface area contributed by atoms with Gasteiger partial charge in [0.1, 0.15) is 0 Å². The molecule has 0 unspecified atom stereocenters. The Balaban J connectivity index is 0. The highest BCUT2D eigenvalue weighted by atomic mass is 32.2. The predicted molar refractivity (Wildman–Crippen MR) is 62.9 cm³/mol. The minimum atomic E-state index is -3.20. The zero-order valence-corrected chi connectivity index (χ0v) is 9.51. The lowest BCUT2D eigenvalue weighted by molar-refractivity contribution is 0.601. The number of benzene rings is 1. The maximum absolute atomic E-state index is 11.4. The van der Waals surface area contributed by atoms with Crippen molar-refractivity contribution < 1.29 is 19.4 Å². The summed E-state index contributed by atoms with van der Waals surface area (Å²) in [4.78, 5) is 0. The van der Waals surface area contributed by atoms with Crippen molar-refractivity contribution in [2.75, 3.05) is 7.05 Å². The lowest BCUT2D eigenvalue weighted by Gasteiger charge is -2.07. The maximum atomic E-state index is 11.4. The normalized spacial score (nSPS) is 9.73. The summed E-state index contributed by atoms with van der Waals surface area (Å²) in [5.74, 6) is -0.501. The molecule has 0 aromatic heterocycles. The molecule has 15 heavy (non-hydrogen) atoms. The van der Waals surface area contributed by atoms with E-state index in [2.05, 4.69) is 4.72 Å². The first-order valence-corrected chi connectivity index (χ1v) is 5.60. The van der Waals surface area contributed by atoms with E-state index in [0.29, 0.717) is 0 Å². The molecule has 0 heterocycles. The Kier molecular flexibility index (Phi) is 7.25. The molecule has 0 aliphatic heterocycles. The molecule has 7 heteroatoms. The van der Waals surface area contributed by atoms with Gasteiger partial charge in [-0.25, -0.2) is 13.1 Å². The molecule has 0 fully saturated rings. The summed E-state index contributed by atoms with van der Waals surface area (Å²) < 4.78 is 25.1. The summed E-state index contributed by atoms with van der Waals surface area (Å²) in [5, 5.41) is 0. The summed E-state index contributed by atoms with van der Waals surface area (Å²) in [6.45, 7) is 1.67. The zero-order valence-electron chi connectivity index (χ0n) is 8.69. The van der Waals surface area contributed by atoms with E-state index in [1.807, 2.05) is 18.2 Å². The molecule has 0 saturated heterocycles. The van der Waals surface area contributed by atoms with E-state index in [4.69, 9.17) is 0 Å². The molecule has 0 saturated carbocycles. The van der Waals surface area contributed by atoms with Gasteiger partial charge in [-0.15, -0.1) is 0 Å². The molecule has 0 aliphatic carbocycles. The number of nitrogens with one attached hydrogen (secondary N) is 1. The van der Waals surface area contributed by atoms with Crippen molar-refractivity contribution in [3.63, 3.8) is 0 Å². The van der Waals surface area contributed by atoms with Gasteiger partial charge in [0.25, 0.3) is 0 Å². The van der Waals surface area contributed by atoms with Crippen LogP contribution in [0.1, 0.15) is 0 Å². The largest absolute Gasteiger partial charge is 0.412 e. The fourth-order valence-electron chi connectivity index (χ4n) is 1.08. The molecule has 1 rings (SSSR count). The Labute approximate surface area is 90.2 Å². The van der Waals surface area contributed by atoms with Crippen LogP contribution in [0.4, 0.5) is 0 Å². The second-order valence-corrected chi connectivity index (χ2v) is 5.01. The molecule has 0 amide bonds. The minimum absolute atomic E-state index is 0. The topological polar surface area (TPSA) is 109 Å². The van der Waals surface area contributed by atoms with E-state index < -0.39 is 15.9 Å². The molecule has 0 bridgehead atoms. The molecule has 0 radical (unpaired) electrons. The lowest BCUT2D eigenvalue weighted by Crippen LogP contribution is -2.42. The van der Waals surface area contributed by atoms with Crippen molar-refractivity contribution in [2.24, 2.45) is 0 Å². The summed E-state index contributed by atoms with van der Waals surface area (Å²) in [6.07, 6.45) is 0. The van der Waals surface area contributed by atoms with Crippen molar-refractivity contribution in [1.82, 2.24) is 4.72 Å².